The van der Waals surface area contributed by atoms with Crippen LogP contribution in [-0.2, 0) is 16.1 Å². The normalized spacial score (nSPS) is 17.4. The smallest absolute Gasteiger partial charge is 0.332 e. The fourth-order valence-corrected chi connectivity index (χ4v) is 4.02. The zero-order valence-corrected chi connectivity index (χ0v) is 21.9. The molecule has 6 nitrogen and oxygen atoms in total. The number of hydrogen-bond donors (Lipinski definition) is 1. The second kappa shape index (κ2) is 14.8. The summed E-state index contributed by atoms with van der Waals surface area (Å²) in [6.45, 7) is 6.78. The van der Waals surface area contributed by atoms with E-state index >= 15 is 0 Å². The molecule has 1 aliphatic rings. The predicted molar refractivity (Wildman–Crippen MR) is 147 cm³/mol. The van der Waals surface area contributed by atoms with Crippen LogP contribution in [-0.4, -0.2) is 34.9 Å². The number of nitrogens with zero attached hydrogens (tertiary/aromatic N) is 1. The highest BCUT2D eigenvalue weighted by molar-refractivity contribution is 5.78. The van der Waals surface area contributed by atoms with Crippen molar-refractivity contribution in [2.75, 3.05) is 6.61 Å². The van der Waals surface area contributed by atoms with E-state index in [2.05, 4.69) is 11.1 Å². The van der Waals surface area contributed by atoms with Crippen LogP contribution in [0.2, 0.25) is 0 Å². The van der Waals surface area contributed by atoms with Gasteiger partial charge in [-0.25, -0.2) is 9.78 Å². The van der Waals surface area contributed by atoms with E-state index in [-0.39, 0.29) is 12.0 Å². The van der Waals surface area contributed by atoms with Gasteiger partial charge in [0.25, 0.3) is 0 Å². The Bertz CT molecular complexity index is 1190. The Morgan fingerprint density at radius 1 is 1.00 bits per heavy atom. The molecule has 0 aliphatic heterocycles. The zero-order valence-electron chi connectivity index (χ0n) is 21.9. The van der Waals surface area contributed by atoms with Crippen molar-refractivity contribution in [3.63, 3.8) is 0 Å². The van der Waals surface area contributed by atoms with Crippen LogP contribution in [0.1, 0.15) is 45.7 Å². The maximum absolute atomic E-state index is 11.5. The lowest BCUT2D eigenvalue weighted by Gasteiger charge is -2.22. The monoisotopic (exact) mass is 503 g/mol. The van der Waals surface area contributed by atoms with E-state index in [1.807, 2.05) is 99.7 Å². The molecule has 37 heavy (non-hydrogen) atoms. The second-order valence-electron chi connectivity index (χ2n) is 8.63. The lowest BCUT2D eigenvalue weighted by Crippen LogP contribution is -2.30. The van der Waals surface area contributed by atoms with Crippen molar-refractivity contribution in [2.45, 2.75) is 58.8 Å². The number of carboxylic acid groups (broad SMARTS) is 1. The van der Waals surface area contributed by atoms with E-state index < -0.39 is 12.1 Å². The van der Waals surface area contributed by atoms with Gasteiger partial charge in [0.1, 0.15) is 18.1 Å². The number of pyridine rings is 1. The van der Waals surface area contributed by atoms with Crippen molar-refractivity contribution < 1.29 is 24.1 Å². The van der Waals surface area contributed by atoms with E-state index in [4.69, 9.17) is 14.2 Å². The van der Waals surface area contributed by atoms with Crippen LogP contribution in [0, 0.1) is 5.92 Å². The molecule has 0 radical (unpaired) electrons. The molecule has 1 N–H and O–H groups in total. The quantitative estimate of drug-likeness (QED) is 0.304. The van der Waals surface area contributed by atoms with Crippen LogP contribution in [0.5, 0.6) is 11.5 Å². The van der Waals surface area contributed by atoms with Crippen LogP contribution in [0.25, 0.3) is 10.9 Å². The molecule has 3 unspecified atom stereocenters. The van der Waals surface area contributed by atoms with Crippen LogP contribution in [0.3, 0.4) is 0 Å². The van der Waals surface area contributed by atoms with E-state index in [1.54, 1.807) is 0 Å². The van der Waals surface area contributed by atoms with E-state index in [9.17, 15) is 9.90 Å². The third kappa shape index (κ3) is 8.76. The average molecular weight is 504 g/mol. The van der Waals surface area contributed by atoms with Crippen molar-refractivity contribution in [2.24, 2.45) is 5.92 Å². The number of ether oxygens (including phenoxy) is 3. The molecule has 0 spiro atoms. The molecule has 196 valence electrons. The number of fused-ring (bicyclic) bond motifs is 1. The standard InChI is InChI=1S/C29H31NO5.C2H6/c1-2-8-28(29(31)32)35-26-11-5-3-9-21(17-26)19-33-24-12-7-13-25(18-24)34-20-23-16-15-22-10-4-6-14-27(22)30-23;1-2/h3-7,9-16,18,21,26,28H,2,8,17,19-20H2,1H3,(H,31,32);1-2H3. The molecule has 3 aromatic rings. The zero-order chi connectivity index (χ0) is 26.5. The Kier molecular flexibility index (Phi) is 11.2. The first-order valence-corrected chi connectivity index (χ1v) is 13.0. The fraction of sp³-hybridized carbons (Fsp3) is 0.355. The Morgan fingerprint density at radius 2 is 1.76 bits per heavy atom. The van der Waals surface area contributed by atoms with E-state index in [0.29, 0.717) is 37.6 Å². The number of aliphatic carboxylic acids is 1. The molecule has 1 heterocycles. The van der Waals surface area contributed by atoms with Crippen LogP contribution >= 0.6 is 0 Å². The summed E-state index contributed by atoms with van der Waals surface area (Å²) in [5, 5.41) is 10.5. The SMILES string of the molecule is CC.CCCC(OC1C=CC=CC(COc2cccc(OCc3ccc4ccccc4n3)c2)C1)C(=O)O. The van der Waals surface area contributed by atoms with Gasteiger partial charge in [-0.05, 0) is 37.1 Å². The maximum Gasteiger partial charge on any atom is 0.332 e. The Labute approximate surface area is 219 Å². The lowest BCUT2D eigenvalue weighted by molar-refractivity contribution is -0.153. The number of carbonyl (C=O) groups is 1. The molecule has 0 saturated carbocycles. The lowest BCUT2D eigenvalue weighted by atomic mass is 10.0. The molecule has 0 fully saturated rings. The summed E-state index contributed by atoms with van der Waals surface area (Å²) in [7, 11) is 0. The fourth-order valence-electron chi connectivity index (χ4n) is 4.02. The predicted octanol–water partition coefficient (Wildman–Crippen LogP) is 6.99. The van der Waals surface area contributed by atoms with Gasteiger partial charge in [0.05, 0.1) is 23.9 Å². The minimum atomic E-state index is -0.916. The molecule has 0 amide bonds. The van der Waals surface area contributed by atoms with Crippen molar-refractivity contribution in [3.05, 3.63) is 90.7 Å². The molecule has 4 rings (SSSR count). The minimum absolute atomic E-state index is 0.0949. The van der Waals surface area contributed by atoms with Gasteiger partial charge in [0.2, 0.25) is 0 Å². The van der Waals surface area contributed by atoms with Crippen molar-refractivity contribution in [1.29, 1.82) is 0 Å². The number of carboxylic acids is 1. The van der Waals surface area contributed by atoms with Gasteiger partial charge in [-0.15, -0.1) is 0 Å². The molecule has 1 aliphatic carbocycles. The summed E-state index contributed by atoms with van der Waals surface area (Å²) in [6.07, 6.45) is 8.70. The number of aromatic nitrogens is 1. The minimum Gasteiger partial charge on any atom is -0.493 e. The topological polar surface area (TPSA) is 77.9 Å². The second-order valence-corrected chi connectivity index (χ2v) is 8.63. The highest BCUT2D eigenvalue weighted by Gasteiger charge is 2.23. The Balaban J connectivity index is 0.00000186. The third-order valence-electron chi connectivity index (χ3n) is 5.83. The Morgan fingerprint density at radius 3 is 2.54 bits per heavy atom. The van der Waals surface area contributed by atoms with Crippen LogP contribution in [0.15, 0.2) is 85.0 Å². The van der Waals surface area contributed by atoms with Crippen molar-refractivity contribution in [1.82, 2.24) is 4.98 Å². The van der Waals surface area contributed by atoms with E-state index in [0.717, 1.165) is 23.0 Å². The first-order chi connectivity index (χ1) is 18.1. The number of hydrogen-bond acceptors (Lipinski definition) is 5. The van der Waals surface area contributed by atoms with Gasteiger partial charge in [-0.3, -0.25) is 0 Å². The first kappa shape index (κ1) is 27.9. The molecule has 0 saturated heterocycles. The molecular formula is C31H37NO5. The van der Waals surface area contributed by atoms with Gasteiger partial charge in [0.15, 0.2) is 6.10 Å². The summed E-state index contributed by atoms with van der Waals surface area (Å²) >= 11 is 0. The molecule has 1 aromatic heterocycles. The number of benzene rings is 2. The Hall–Kier alpha value is -3.64. The maximum atomic E-state index is 11.5. The summed E-state index contributed by atoms with van der Waals surface area (Å²) in [6, 6.07) is 19.6. The highest BCUT2D eigenvalue weighted by atomic mass is 16.5. The first-order valence-electron chi connectivity index (χ1n) is 13.0. The largest absolute Gasteiger partial charge is 0.493 e. The number of allylic oxidation sites excluding steroid dienone is 2. The average Bonchev–Trinajstić information content (AvgIpc) is 3.16. The van der Waals surface area contributed by atoms with Gasteiger partial charge in [-0.2, -0.15) is 0 Å². The van der Waals surface area contributed by atoms with Gasteiger partial charge < -0.3 is 19.3 Å². The van der Waals surface area contributed by atoms with Crippen LogP contribution in [0.4, 0.5) is 0 Å². The van der Waals surface area contributed by atoms with Gasteiger partial charge in [0, 0.05) is 17.4 Å². The number of para-hydroxylation sites is 1. The molecule has 0 bridgehead atoms. The third-order valence-corrected chi connectivity index (χ3v) is 5.83. The van der Waals surface area contributed by atoms with Crippen molar-refractivity contribution >= 4 is 16.9 Å². The summed E-state index contributed by atoms with van der Waals surface area (Å²) < 4.78 is 17.9. The summed E-state index contributed by atoms with van der Waals surface area (Å²) in [4.78, 5) is 16.1. The summed E-state index contributed by atoms with van der Waals surface area (Å²) in [5.41, 5.74) is 1.81. The van der Waals surface area contributed by atoms with Crippen LogP contribution < -0.4 is 9.47 Å². The molecule has 3 atom stereocenters. The number of rotatable bonds is 11. The van der Waals surface area contributed by atoms with Gasteiger partial charge in [-0.1, -0.05) is 81.8 Å². The molecular weight excluding hydrogens is 466 g/mol. The van der Waals surface area contributed by atoms with Crippen molar-refractivity contribution in [3.8, 4) is 11.5 Å². The van der Waals surface area contributed by atoms with Gasteiger partial charge >= 0.3 is 5.97 Å². The molecule has 2 aromatic carbocycles. The van der Waals surface area contributed by atoms with E-state index in [1.165, 1.54) is 0 Å². The highest BCUT2D eigenvalue weighted by Crippen LogP contribution is 2.24. The summed E-state index contributed by atoms with van der Waals surface area (Å²) in [5.74, 6) is 0.602. The molecule has 6 heteroatoms.